The van der Waals surface area contributed by atoms with Crippen molar-refractivity contribution in [3.8, 4) is 16.9 Å². The number of nitrogens with zero attached hydrogens (tertiary/aromatic N) is 5. The lowest BCUT2D eigenvalue weighted by Gasteiger charge is -2.32. The van der Waals surface area contributed by atoms with E-state index in [9.17, 15) is 4.79 Å². The first kappa shape index (κ1) is 21.7. The van der Waals surface area contributed by atoms with Gasteiger partial charge in [0, 0.05) is 43.6 Å². The molecule has 0 bridgehead atoms. The van der Waals surface area contributed by atoms with Crippen molar-refractivity contribution in [1.82, 2.24) is 24.4 Å². The number of piperazine rings is 1. The quantitative estimate of drug-likeness (QED) is 0.472. The Labute approximate surface area is 198 Å². The number of likely N-dealkylation sites (N-methyl/N-ethyl adjacent to an activating group) is 1. The second kappa shape index (κ2) is 9.40. The van der Waals surface area contributed by atoms with Crippen LogP contribution >= 0.6 is 0 Å². The fourth-order valence-electron chi connectivity index (χ4n) is 3.96. The van der Waals surface area contributed by atoms with Gasteiger partial charge in [-0.2, -0.15) is 4.98 Å². The second-order valence-corrected chi connectivity index (χ2v) is 8.28. The topological polar surface area (TPSA) is 87.0 Å². The van der Waals surface area contributed by atoms with Crippen LogP contribution in [-0.2, 0) is 0 Å². The number of pyridine rings is 1. The summed E-state index contributed by atoms with van der Waals surface area (Å²) in [5.41, 5.74) is 4.23. The third-order valence-electron chi connectivity index (χ3n) is 5.92. The van der Waals surface area contributed by atoms with Crippen LogP contribution in [0.1, 0.15) is 0 Å². The van der Waals surface area contributed by atoms with E-state index in [1.807, 2.05) is 71.8 Å². The predicted octanol–water partition coefficient (Wildman–Crippen LogP) is 3.93. The number of hydrogen-bond acceptors (Lipinski definition) is 6. The number of amides is 2. The summed E-state index contributed by atoms with van der Waals surface area (Å²) in [5.74, 6) is 1.20. The molecule has 174 valence electrons. The maximum Gasteiger partial charge on any atom is 0.321 e. The van der Waals surface area contributed by atoms with E-state index < -0.39 is 0 Å². The molecule has 0 spiro atoms. The zero-order chi connectivity index (χ0) is 23.5. The van der Waals surface area contributed by atoms with Gasteiger partial charge < -0.3 is 25.2 Å². The van der Waals surface area contributed by atoms with Gasteiger partial charge in [-0.3, -0.25) is 0 Å². The molecular weight excluding hydrogens is 430 g/mol. The largest absolute Gasteiger partial charge is 0.495 e. The van der Waals surface area contributed by atoms with Crippen LogP contribution in [-0.4, -0.2) is 70.8 Å². The molecule has 0 atom stereocenters. The third-order valence-corrected chi connectivity index (χ3v) is 5.92. The average Bonchev–Trinajstić information content (AvgIpc) is 3.26. The summed E-state index contributed by atoms with van der Waals surface area (Å²) >= 11 is 0. The molecule has 9 heteroatoms. The number of nitrogens with one attached hydrogen (secondary N) is 2. The van der Waals surface area contributed by atoms with Crippen LogP contribution in [0.5, 0.6) is 5.75 Å². The Hall–Kier alpha value is -4.11. The minimum absolute atomic E-state index is 0.0657. The zero-order valence-electron chi connectivity index (χ0n) is 19.2. The lowest BCUT2D eigenvalue weighted by Crippen LogP contribution is -2.48. The first-order valence-electron chi connectivity index (χ1n) is 11.2. The molecule has 4 aromatic rings. The number of ether oxygens (including phenoxy) is 1. The number of urea groups is 1. The van der Waals surface area contributed by atoms with Crippen molar-refractivity contribution in [3.05, 3.63) is 66.9 Å². The van der Waals surface area contributed by atoms with Crippen molar-refractivity contribution in [2.24, 2.45) is 0 Å². The van der Waals surface area contributed by atoms with Gasteiger partial charge in [0.25, 0.3) is 0 Å². The highest BCUT2D eigenvalue weighted by atomic mass is 16.5. The number of carbonyl (C=O) groups is 1. The molecule has 1 saturated heterocycles. The molecule has 0 unspecified atom stereocenters. The molecule has 0 saturated carbocycles. The van der Waals surface area contributed by atoms with E-state index in [0.717, 1.165) is 60.1 Å². The Balaban J connectivity index is 1.33. The highest BCUT2D eigenvalue weighted by molar-refractivity contribution is 5.90. The van der Waals surface area contributed by atoms with Crippen molar-refractivity contribution >= 4 is 29.0 Å². The summed E-state index contributed by atoms with van der Waals surface area (Å²) in [6.45, 7) is 3.24. The zero-order valence-corrected chi connectivity index (χ0v) is 19.2. The van der Waals surface area contributed by atoms with Gasteiger partial charge in [0.15, 0.2) is 5.65 Å². The van der Waals surface area contributed by atoms with Crippen molar-refractivity contribution in [2.75, 3.05) is 51.0 Å². The number of rotatable bonds is 5. The van der Waals surface area contributed by atoms with E-state index in [2.05, 4.69) is 32.7 Å². The number of fused-ring (bicyclic) bond motifs is 1. The Morgan fingerprint density at radius 2 is 1.79 bits per heavy atom. The molecule has 2 amide bonds. The molecule has 2 aromatic heterocycles. The summed E-state index contributed by atoms with van der Waals surface area (Å²) in [6.07, 6.45) is 1.93. The van der Waals surface area contributed by atoms with Gasteiger partial charge in [-0.05, 0) is 49.0 Å². The van der Waals surface area contributed by atoms with Crippen LogP contribution in [0, 0.1) is 0 Å². The molecule has 1 aliphatic heterocycles. The third kappa shape index (κ3) is 4.65. The number of anilines is 3. The highest BCUT2D eigenvalue weighted by Crippen LogP contribution is 2.27. The number of methoxy groups -OCH3 is 1. The fourth-order valence-corrected chi connectivity index (χ4v) is 3.96. The molecule has 1 fully saturated rings. The van der Waals surface area contributed by atoms with Crippen molar-refractivity contribution in [3.63, 3.8) is 0 Å². The van der Waals surface area contributed by atoms with Gasteiger partial charge in [0.05, 0.1) is 12.8 Å². The van der Waals surface area contributed by atoms with Gasteiger partial charge in [0.1, 0.15) is 5.75 Å². The van der Waals surface area contributed by atoms with Crippen molar-refractivity contribution in [1.29, 1.82) is 0 Å². The van der Waals surface area contributed by atoms with E-state index in [1.54, 1.807) is 11.6 Å². The molecule has 3 heterocycles. The van der Waals surface area contributed by atoms with E-state index in [0.29, 0.717) is 5.95 Å². The van der Waals surface area contributed by atoms with E-state index >= 15 is 0 Å². The van der Waals surface area contributed by atoms with Gasteiger partial charge in [0.2, 0.25) is 5.95 Å². The van der Waals surface area contributed by atoms with Crippen LogP contribution in [0.15, 0.2) is 66.9 Å². The molecule has 0 radical (unpaired) electrons. The molecule has 34 heavy (non-hydrogen) atoms. The van der Waals surface area contributed by atoms with Crippen LogP contribution in [0.25, 0.3) is 16.8 Å². The first-order chi connectivity index (χ1) is 16.6. The van der Waals surface area contributed by atoms with Gasteiger partial charge in [-0.15, -0.1) is 5.10 Å². The number of carbonyl (C=O) groups excluding carboxylic acids is 1. The average molecular weight is 458 g/mol. The Bertz CT molecular complexity index is 1310. The fraction of sp³-hybridized carbons (Fsp3) is 0.240. The minimum Gasteiger partial charge on any atom is -0.495 e. The molecule has 0 aliphatic carbocycles. The van der Waals surface area contributed by atoms with Crippen LogP contribution in [0.3, 0.4) is 0 Å². The number of benzene rings is 2. The monoisotopic (exact) mass is 457 g/mol. The van der Waals surface area contributed by atoms with Crippen molar-refractivity contribution < 1.29 is 9.53 Å². The van der Waals surface area contributed by atoms with Gasteiger partial charge >= 0.3 is 6.03 Å². The molecule has 1 aliphatic rings. The normalized spacial score (nSPS) is 14.2. The number of para-hydroxylation sites is 2. The van der Waals surface area contributed by atoms with E-state index in [4.69, 9.17) is 4.74 Å². The second-order valence-electron chi connectivity index (χ2n) is 8.28. The minimum atomic E-state index is -0.0657. The standard InChI is InChI=1S/C25H27N7O2/c1-30-12-14-31(15-13-30)25(33)26-20-7-5-6-18(16-20)19-10-11-23-28-24(29-32(23)17-19)27-21-8-3-4-9-22(21)34-2/h3-11,16-17H,12-15H2,1-2H3,(H,26,33)(H,27,29). The maximum atomic E-state index is 12.7. The summed E-state index contributed by atoms with van der Waals surface area (Å²) in [7, 11) is 3.70. The van der Waals surface area contributed by atoms with Gasteiger partial charge in [-0.1, -0.05) is 24.3 Å². The predicted molar refractivity (Wildman–Crippen MR) is 133 cm³/mol. The van der Waals surface area contributed by atoms with Crippen molar-refractivity contribution in [2.45, 2.75) is 0 Å². The highest BCUT2D eigenvalue weighted by Gasteiger charge is 2.19. The SMILES string of the molecule is COc1ccccc1Nc1nc2ccc(-c3cccc(NC(=O)N4CCN(C)CC4)c3)cn2n1. The summed E-state index contributed by atoms with van der Waals surface area (Å²) in [5, 5.41) is 10.8. The van der Waals surface area contributed by atoms with Crippen LogP contribution in [0.4, 0.5) is 22.1 Å². The Morgan fingerprint density at radius 1 is 0.971 bits per heavy atom. The molecular formula is C25H27N7O2. The summed E-state index contributed by atoms with van der Waals surface area (Å²) < 4.78 is 7.13. The summed E-state index contributed by atoms with van der Waals surface area (Å²) in [6, 6.07) is 19.3. The maximum absolute atomic E-state index is 12.7. The molecule has 9 nitrogen and oxygen atoms in total. The summed E-state index contributed by atoms with van der Waals surface area (Å²) in [4.78, 5) is 21.3. The molecule has 2 N–H and O–H groups in total. The molecule has 2 aromatic carbocycles. The van der Waals surface area contributed by atoms with E-state index in [-0.39, 0.29) is 6.03 Å². The Morgan fingerprint density at radius 3 is 2.62 bits per heavy atom. The number of aromatic nitrogens is 3. The van der Waals surface area contributed by atoms with E-state index in [1.165, 1.54) is 0 Å². The van der Waals surface area contributed by atoms with Crippen LogP contribution < -0.4 is 15.4 Å². The van der Waals surface area contributed by atoms with Crippen LogP contribution in [0.2, 0.25) is 0 Å². The molecule has 5 rings (SSSR count). The smallest absolute Gasteiger partial charge is 0.321 e. The van der Waals surface area contributed by atoms with Gasteiger partial charge in [-0.25, -0.2) is 9.31 Å². The first-order valence-corrected chi connectivity index (χ1v) is 11.2. The Kier molecular flexibility index (Phi) is 6.01. The lowest BCUT2D eigenvalue weighted by atomic mass is 10.1. The lowest BCUT2D eigenvalue weighted by molar-refractivity contribution is 0.164. The number of hydrogen-bond donors (Lipinski definition) is 2.